The number of hydrogen-bond donors (Lipinski definition) is 0. The van der Waals surface area contributed by atoms with Gasteiger partial charge in [0.25, 0.3) is 0 Å². The predicted molar refractivity (Wildman–Crippen MR) is 96.2 cm³/mol. The van der Waals surface area contributed by atoms with Gasteiger partial charge >= 0.3 is 11.4 Å². The van der Waals surface area contributed by atoms with Crippen LogP contribution in [0.5, 0.6) is 0 Å². The molecule has 5 nitrogen and oxygen atoms in total. The standard InChI is InChI=1S/C21H17N3O2/c1-22-18(25)23-16-8-9-17(24(23)19(22)26)21-11-10-20(16,21)14-6-7-15(21)13-5-3-2-4-12(13)14/h2-11,14-17H,1H3. The summed E-state index contributed by atoms with van der Waals surface area (Å²) in [5.41, 5.74) is 2.01. The van der Waals surface area contributed by atoms with Crippen molar-refractivity contribution in [1.29, 1.82) is 0 Å². The quantitative estimate of drug-likeness (QED) is 0.687. The molecule has 4 bridgehead atoms. The van der Waals surface area contributed by atoms with Crippen LogP contribution in [0.1, 0.15) is 35.0 Å². The lowest BCUT2D eigenvalue weighted by Crippen LogP contribution is -2.70. The second-order valence-electron chi connectivity index (χ2n) is 8.26. The third kappa shape index (κ3) is 0.972. The molecule has 5 heteroatoms. The van der Waals surface area contributed by atoms with Gasteiger partial charge in [0, 0.05) is 29.7 Å². The number of hydrogen-bond acceptors (Lipinski definition) is 2. The van der Waals surface area contributed by atoms with E-state index >= 15 is 0 Å². The third-order valence-electron chi connectivity index (χ3n) is 7.76. The van der Waals surface area contributed by atoms with Crippen molar-refractivity contribution in [2.75, 3.05) is 0 Å². The molecule has 1 aromatic heterocycles. The largest absolute Gasteiger partial charge is 0.347 e. The molecule has 5 aliphatic carbocycles. The number of rotatable bonds is 0. The second-order valence-corrected chi connectivity index (χ2v) is 8.26. The van der Waals surface area contributed by atoms with E-state index in [0.717, 1.165) is 0 Å². The van der Waals surface area contributed by atoms with Crippen LogP contribution in [-0.2, 0) is 7.05 Å². The van der Waals surface area contributed by atoms with Crippen molar-refractivity contribution < 1.29 is 0 Å². The Kier molecular flexibility index (Phi) is 1.88. The monoisotopic (exact) mass is 343 g/mol. The smallest absolute Gasteiger partial charge is 0.246 e. The minimum absolute atomic E-state index is 0.121. The van der Waals surface area contributed by atoms with E-state index in [-0.39, 0.29) is 46.1 Å². The highest BCUT2D eigenvalue weighted by Gasteiger charge is 2.75. The second kappa shape index (κ2) is 3.65. The first kappa shape index (κ1) is 13.4. The third-order valence-corrected chi connectivity index (χ3v) is 7.76. The van der Waals surface area contributed by atoms with Crippen LogP contribution < -0.4 is 11.4 Å². The first-order valence-corrected chi connectivity index (χ1v) is 9.19. The lowest BCUT2D eigenvalue weighted by molar-refractivity contribution is -0.0843. The van der Waals surface area contributed by atoms with E-state index in [1.807, 2.05) is 0 Å². The highest BCUT2D eigenvalue weighted by molar-refractivity contribution is 5.60. The molecular formula is C21H17N3O2. The summed E-state index contributed by atoms with van der Waals surface area (Å²) in [6, 6.07) is 8.43. The maximum atomic E-state index is 12.9. The molecule has 6 unspecified atom stereocenters. The normalized spacial score (nSPS) is 41.4. The van der Waals surface area contributed by atoms with Crippen LogP contribution >= 0.6 is 0 Å². The van der Waals surface area contributed by atoms with Gasteiger partial charge in [-0.25, -0.2) is 23.5 Å². The van der Waals surface area contributed by atoms with Gasteiger partial charge in [0.1, 0.15) is 0 Å². The van der Waals surface area contributed by atoms with Gasteiger partial charge in [-0.1, -0.05) is 60.7 Å². The van der Waals surface area contributed by atoms with Gasteiger partial charge in [-0.2, -0.15) is 0 Å². The number of aromatic nitrogens is 3. The SMILES string of the molecule is Cn1c(=O)n2n(c1=O)C1C=CC2C23C=CC12C1C=CC3c2ccccc21. The summed E-state index contributed by atoms with van der Waals surface area (Å²) in [5.74, 6) is 0.476. The zero-order valence-electron chi connectivity index (χ0n) is 14.2. The van der Waals surface area contributed by atoms with Crippen LogP contribution in [-0.4, -0.2) is 13.9 Å². The van der Waals surface area contributed by atoms with E-state index < -0.39 is 0 Å². The van der Waals surface area contributed by atoms with E-state index in [1.165, 1.54) is 15.7 Å². The van der Waals surface area contributed by atoms with Crippen LogP contribution in [0.3, 0.4) is 0 Å². The zero-order chi connectivity index (χ0) is 17.4. The molecule has 6 atom stereocenters. The molecule has 7 aliphatic rings. The number of nitrogens with zero attached hydrogens (tertiary/aromatic N) is 3. The average molecular weight is 343 g/mol. The Bertz CT molecular complexity index is 1150. The van der Waals surface area contributed by atoms with Crippen molar-refractivity contribution >= 4 is 0 Å². The predicted octanol–water partition coefficient (Wildman–Crippen LogP) is 2.01. The summed E-state index contributed by atoms with van der Waals surface area (Å²) < 4.78 is 4.68. The molecule has 0 amide bonds. The summed E-state index contributed by atoms with van der Waals surface area (Å²) in [7, 11) is 1.58. The Morgan fingerprint density at radius 1 is 0.769 bits per heavy atom. The zero-order valence-corrected chi connectivity index (χ0v) is 14.2. The summed E-state index contributed by atoms with van der Waals surface area (Å²) in [6.45, 7) is 0. The molecular weight excluding hydrogens is 326 g/mol. The first-order chi connectivity index (χ1) is 12.6. The van der Waals surface area contributed by atoms with Gasteiger partial charge in [-0.3, -0.25) is 0 Å². The molecule has 0 saturated heterocycles. The molecule has 0 N–H and O–H groups in total. The Morgan fingerprint density at radius 2 is 1.23 bits per heavy atom. The maximum Gasteiger partial charge on any atom is 0.347 e. The van der Waals surface area contributed by atoms with Gasteiger partial charge in [0.15, 0.2) is 0 Å². The Labute approximate surface area is 149 Å². The van der Waals surface area contributed by atoms with Crippen LogP contribution in [0.2, 0.25) is 0 Å². The van der Waals surface area contributed by atoms with Gasteiger partial charge < -0.3 is 0 Å². The van der Waals surface area contributed by atoms with E-state index in [4.69, 9.17) is 0 Å². The Morgan fingerprint density at radius 3 is 1.65 bits per heavy atom. The summed E-state index contributed by atoms with van der Waals surface area (Å²) in [5, 5.41) is 0. The summed E-state index contributed by atoms with van der Waals surface area (Å²) in [6.07, 6.45) is 13.6. The van der Waals surface area contributed by atoms with E-state index in [0.29, 0.717) is 0 Å². The van der Waals surface area contributed by atoms with Crippen molar-refractivity contribution in [3.8, 4) is 0 Å². The fourth-order valence-electron chi connectivity index (χ4n) is 6.81. The molecule has 0 fully saturated rings. The fraction of sp³-hybridized carbons (Fsp3) is 0.333. The maximum absolute atomic E-state index is 12.9. The Balaban J connectivity index is 1.64. The van der Waals surface area contributed by atoms with Crippen molar-refractivity contribution in [2.24, 2.45) is 17.9 Å². The minimum atomic E-state index is -0.212. The molecule has 3 heterocycles. The van der Waals surface area contributed by atoms with E-state index in [2.05, 4.69) is 60.7 Å². The lowest BCUT2D eigenvalue weighted by Gasteiger charge is -2.72. The van der Waals surface area contributed by atoms with Crippen LogP contribution in [0, 0.1) is 10.8 Å². The van der Waals surface area contributed by atoms with Gasteiger partial charge in [0.05, 0.1) is 12.1 Å². The molecule has 0 radical (unpaired) electrons. The van der Waals surface area contributed by atoms with Crippen LogP contribution in [0.15, 0.2) is 70.3 Å². The van der Waals surface area contributed by atoms with Gasteiger partial charge in [-0.15, -0.1) is 0 Å². The van der Waals surface area contributed by atoms with Crippen molar-refractivity contribution in [2.45, 2.75) is 23.9 Å². The highest BCUT2D eigenvalue weighted by atomic mass is 16.2. The molecule has 128 valence electrons. The minimum Gasteiger partial charge on any atom is -0.246 e. The van der Waals surface area contributed by atoms with Crippen LogP contribution in [0.4, 0.5) is 0 Å². The molecule has 2 aromatic rings. The molecule has 9 rings (SSSR count). The van der Waals surface area contributed by atoms with E-state index in [1.54, 1.807) is 16.4 Å². The van der Waals surface area contributed by atoms with Crippen LogP contribution in [0.25, 0.3) is 0 Å². The van der Waals surface area contributed by atoms with Gasteiger partial charge in [0.2, 0.25) is 0 Å². The summed E-state index contributed by atoms with van der Waals surface area (Å²) in [4.78, 5) is 25.7. The molecule has 1 aromatic carbocycles. The lowest BCUT2D eigenvalue weighted by atomic mass is 9.33. The topological polar surface area (TPSA) is 48.9 Å². The molecule has 0 spiro atoms. The van der Waals surface area contributed by atoms with Crippen molar-refractivity contribution in [3.05, 3.63) is 92.8 Å². The van der Waals surface area contributed by atoms with E-state index in [9.17, 15) is 9.59 Å². The summed E-state index contributed by atoms with van der Waals surface area (Å²) >= 11 is 0. The first-order valence-electron chi connectivity index (χ1n) is 9.19. The average Bonchev–Trinajstić information content (AvgIpc) is 2.89. The Hall–Kier alpha value is -2.82. The highest BCUT2D eigenvalue weighted by Crippen LogP contribution is 2.80. The number of allylic oxidation sites excluding steroid dienone is 6. The molecule has 0 saturated carbocycles. The number of benzene rings is 1. The van der Waals surface area contributed by atoms with Crippen molar-refractivity contribution in [3.63, 3.8) is 0 Å². The fourth-order valence-corrected chi connectivity index (χ4v) is 6.81. The molecule has 2 aliphatic heterocycles. The molecule has 26 heavy (non-hydrogen) atoms. The van der Waals surface area contributed by atoms with Crippen molar-refractivity contribution in [1.82, 2.24) is 13.9 Å². The van der Waals surface area contributed by atoms with Gasteiger partial charge in [-0.05, 0) is 11.1 Å².